The normalized spacial score (nSPS) is 12.6. The first-order valence-electron chi connectivity index (χ1n) is 12.4. The molecule has 0 saturated heterocycles. The number of hydrogen-bond donors (Lipinski definition) is 1. The molecule has 0 radical (unpaired) electrons. The lowest BCUT2D eigenvalue weighted by Gasteiger charge is -2.32. The SMILES string of the molecule is CCC(C)NC(=O)C(Cc1ccccc1)N(Cc1ccccc1F)C(=O)CSCc1ccc(C)cc1. The Labute approximate surface area is 218 Å². The number of halogens is 1. The minimum atomic E-state index is -0.756. The summed E-state index contributed by atoms with van der Waals surface area (Å²) in [5.41, 5.74) is 3.66. The molecule has 2 atom stereocenters. The highest BCUT2D eigenvalue weighted by Gasteiger charge is 2.31. The summed E-state index contributed by atoms with van der Waals surface area (Å²) < 4.78 is 14.6. The van der Waals surface area contributed by atoms with Crippen LogP contribution in [-0.2, 0) is 28.3 Å². The number of nitrogens with zero attached hydrogens (tertiary/aromatic N) is 1. The van der Waals surface area contributed by atoms with E-state index in [0.29, 0.717) is 17.7 Å². The summed E-state index contributed by atoms with van der Waals surface area (Å²) in [4.78, 5) is 28.6. The van der Waals surface area contributed by atoms with E-state index in [1.54, 1.807) is 23.1 Å². The van der Waals surface area contributed by atoms with E-state index >= 15 is 0 Å². The molecule has 0 aliphatic carbocycles. The number of aryl methyl sites for hydroxylation is 1. The first-order valence-corrected chi connectivity index (χ1v) is 13.5. The minimum Gasteiger partial charge on any atom is -0.352 e. The Kier molecular flexibility index (Phi) is 10.6. The Morgan fingerprint density at radius 2 is 1.61 bits per heavy atom. The summed E-state index contributed by atoms with van der Waals surface area (Å²) in [6.07, 6.45) is 1.13. The second-order valence-electron chi connectivity index (χ2n) is 9.11. The Morgan fingerprint density at radius 1 is 0.944 bits per heavy atom. The van der Waals surface area contributed by atoms with Crippen LogP contribution in [0.2, 0.25) is 0 Å². The van der Waals surface area contributed by atoms with Gasteiger partial charge in [0.05, 0.1) is 5.75 Å². The molecule has 0 spiro atoms. The van der Waals surface area contributed by atoms with Crippen LogP contribution in [0.3, 0.4) is 0 Å². The molecule has 2 unspecified atom stereocenters. The summed E-state index contributed by atoms with van der Waals surface area (Å²) in [5, 5.41) is 3.04. The zero-order valence-corrected chi connectivity index (χ0v) is 22.1. The fourth-order valence-corrected chi connectivity index (χ4v) is 4.70. The van der Waals surface area contributed by atoms with Gasteiger partial charge in [0.1, 0.15) is 11.9 Å². The molecule has 0 saturated carbocycles. The molecule has 3 aromatic rings. The van der Waals surface area contributed by atoms with E-state index in [0.717, 1.165) is 17.5 Å². The number of rotatable bonds is 12. The van der Waals surface area contributed by atoms with Crippen molar-refractivity contribution < 1.29 is 14.0 Å². The highest BCUT2D eigenvalue weighted by molar-refractivity contribution is 7.99. The molecule has 4 nitrogen and oxygen atoms in total. The van der Waals surface area contributed by atoms with E-state index in [4.69, 9.17) is 0 Å². The molecule has 0 heterocycles. The summed E-state index contributed by atoms with van der Waals surface area (Å²) in [5.74, 6) is 0.0899. The molecule has 1 N–H and O–H groups in total. The lowest BCUT2D eigenvalue weighted by Crippen LogP contribution is -2.52. The standard InChI is InChI=1S/C30H35FN2O2S/c1-4-23(3)32-30(35)28(18-24-10-6-5-7-11-24)33(19-26-12-8-9-13-27(26)31)29(34)21-36-20-25-16-14-22(2)15-17-25/h5-17,23,28H,4,18-21H2,1-3H3,(H,32,35). The first-order chi connectivity index (χ1) is 17.4. The van der Waals surface area contributed by atoms with Crippen LogP contribution in [0.15, 0.2) is 78.9 Å². The molecule has 2 amide bonds. The second kappa shape index (κ2) is 13.8. The molecule has 3 rings (SSSR count). The van der Waals surface area contributed by atoms with Gasteiger partial charge in [0.25, 0.3) is 0 Å². The van der Waals surface area contributed by atoms with Crippen molar-refractivity contribution in [2.75, 3.05) is 5.75 Å². The maximum absolute atomic E-state index is 14.6. The van der Waals surface area contributed by atoms with Crippen molar-refractivity contribution in [3.8, 4) is 0 Å². The van der Waals surface area contributed by atoms with Gasteiger partial charge in [-0.05, 0) is 37.5 Å². The van der Waals surface area contributed by atoms with Crippen molar-refractivity contribution in [1.29, 1.82) is 0 Å². The molecule has 0 aliphatic heterocycles. The van der Waals surface area contributed by atoms with Crippen molar-refractivity contribution in [3.63, 3.8) is 0 Å². The van der Waals surface area contributed by atoms with Crippen LogP contribution in [0.25, 0.3) is 0 Å². The predicted octanol–water partition coefficient (Wildman–Crippen LogP) is 5.92. The van der Waals surface area contributed by atoms with Gasteiger partial charge in [-0.2, -0.15) is 0 Å². The van der Waals surface area contributed by atoms with Crippen LogP contribution in [0.1, 0.15) is 42.5 Å². The van der Waals surface area contributed by atoms with Crippen molar-refractivity contribution in [2.24, 2.45) is 0 Å². The Bertz CT molecular complexity index is 1120. The van der Waals surface area contributed by atoms with Crippen LogP contribution in [0.5, 0.6) is 0 Å². The molecular formula is C30H35FN2O2S. The van der Waals surface area contributed by atoms with E-state index in [9.17, 15) is 14.0 Å². The van der Waals surface area contributed by atoms with Crippen LogP contribution in [-0.4, -0.2) is 34.6 Å². The number of carbonyl (C=O) groups excluding carboxylic acids is 2. The number of hydrogen-bond acceptors (Lipinski definition) is 3. The van der Waals surface area contributed by atoms with Crippen molar-refractivity contribution >= 4 is 23.6 Å². The first kappa shape index (κ1) is 27.5. The molecule has 190 valence electrons. The number of carbonyl (C=O) groups is 2. The van der Waals surface area contributed by atoms with Gasteiger partial charge in [0, 0.05) is 30.3 Å². The Morgan fingerprint density at radius 3 is 2.28 bits per heavy atom. The Balaban J connectivity index is 1.86. The maximum atomic E-state index is 14.6. The van der Waals surface area contributed by atoms with Crippen LogP contribution >= 0.6 is 11.8 Å². The fourth-order valence-electron chi connectivity index (χ4n) is 3.83. The average molecular weight is 507 g/mol. The number of nitrogens with one attached hydrogen (secondary N) is 1. The van der Waals surface area contributed by atoms with E-state index in [2.05, 4.69) is 29.6 Å². The quantitative estimate of drug-likeness (QED) is 0.332. The third-order valence-electron chi connectivity index (χ3n) is 6.19. The second-order valence-corrected chi connectivity index (χ2v) is 10.1. The van der Waals surface area contributed by atoms with Gasteiger partial charge in [-0.1, -0.05) is 85.3 Å². The van der Waals surface area contributed by atoms with Gasteiger partial charge >= 0.3 is 0 Å². The van der Waals surface area contributed by atoms with Gasteiger partial charge in [0.15, 0.2) is 0 Å². The lowest BCUT2D eigenvalue weighted by molar-refractivity contribution is -0.139. The summed E-state index contributed by atoms with van der Waals surface area (Å²) in [6.45, 7) is 6.01. The van der Waals surface area contributed by atoms with Crippen LogP contribution in [0.4, 0.5) is 4.39 Å². The highest BCUT2D eigenvalue weighted by Crippen LogP contribution is 2.20. The van der Waals surface area contributed by atoms with Gasteiger partial charge in [-0.3, -0.25) is 9.59 Å². The number of benzene rings is 3. The third-order valence-corrected chi connectivity index (χ3v) is 7.17. The van der Waals surface area contributed by atoms with Crippen molar-refractivity contribution in [3.05, 3.63) is 107 Å². The van der Waals surface area contributed by atoms with Gasteiger partial charge in [0.2, 0.25) is 11.8 Å². The van der Waals surface area contributed by atoms with Crippen molar-refractivity contribution in [1.82, 2.24) is 10.2 Å². The average Bonchev–Trinajstić information content (AvgIpc) is 2.88. The van der Waals surface area contributed by atoms with Gasteiger partial charge in [-0.15, -0.1) is 11.8 Å². The smallest absolute Gasteiger partial charge is 0.243 e. The lowest BCUT2D eigenvalue weighted by atomic mass is 10.0. The number of amides is 2. The predicted molar refractivity (Wildman–Crippen MR) is 146 cm³/mol. The molecule has 36 heavy (non-hydrogen) atoms. The van der Waals surface area contributed by atoms with E-state index < -0.39 is 6.04 Å². The minimum absolute atomic E-state index is 0.0298. The van der Waals surface area contributed by atoms with Gasteiger partial charge < -0.3 is 10.2 Å². The molecule has 3 aromatic carbocycles. The monoisotopic (exact) mass is 506 g/mol. The molecule has 0 aromatic heterocycles. The van der Waals surface area contributed by atoms with E-state index in [-0.39, 0.29) is 36.0 Å². The van der Waals surface area contributed by atoms with E-state index in [1.807, 2.05) is 51.1 Å². The van der Waals surface area contributed by atoms with E-state index in [1.165, 1.54) is 23.4 Å². The molecular weight excluding hydrogens is 471 g/mol. The van der Waals surface area contributed by atoms with Crippen molar-refractivity contribution in [2.45, 2.75) is 58.0 Å². The molecule has 0 fully saturated rings. The van der Waals surface area contributed by atoms with Crippen LogP contribution in [0, 0.1) is 12.7 Å². The summed E-state index contributed by atoms with van der Waals surface area (Å²) in [6, 6.07) is 23.5. The largest absolute Gasteiger partial charge is 0.352 e. The molecule has 6 heteroatoms. The maximum Gasteiger partial charge on any atom is 0.243 e. The molecule has 0 aliphatic rings. The zero-order chi connectivity index (χ0) is 25.9. The zero-order valence-electron chi connectivity index (χ0n) is 21.2. The molecule has 0 bridgehead atoms. The highest BCUT2D eigenvalue weighted by atomic mass is 32.2. The van der Waals surface area contributed by atoms with Crippen LogP contribution < -0.4 is 5.32 Å². The third kappa shape index (κ3) is 8.23. The summed E-state index contributed by atoms with van der Waals surface area (Å²) >= 11 is 1.50. The fraction of sp³-hybridized carbons (Fsp3) is 0.333. The summed E-state index contributed by atoms with van der Waals surface area (Å²) in [7, 11) is 0. The topological polar surface area (TPSA) is 49.4 Å². The Hall–Kier alpha value is -3.12. The number of thioether (sulfide) groups is 1. The van der Waals surface area contributed by atoms with Gasteiger partial charge in [-0.25, -0.2) is 4.39 Å².